The van der Waals surface area contributed by atoms with Gasteiger partial charge in [-0.3, -0.25) is 0 Å². The zero-order valence-electron chi connectivity index (χ0n) is 9.67. The zero-order chi connectivity index (χ0) is 12.7. The van der Waals surface area contributed by atoms with E-state index in [9.17, 15) is 0 Å². The van der Waals surface area contributed by atoms with Crippen molar-refractivity contribution in [3.8, 4) is 11.1 Å². The van der Waals surface area contributed by atoms with Crippen LogP contribution < -0.4 is 0 Å². The summed E-state index contributed by atoms with van der Waals surface area (Å²) in [5.74, 6) is 0. The monoisotopic (exact) mass is 276 g/mol. The Morgan fingerprint density at radius 2 is 2.00 bits per heavy atom. The molecular formula is C14H10Cl2N2. The van der Waals surface area contributed by atoms with Crippen LogP contribution >= 0.6 is 23.2 Å². The number of H-pyrrole nitrogens is 1. The molecule has 2 heterocycles. The van der Waals surface area contributed by atoms with Crippen LogP contribution in [0, 0.1) is 6.92 Å². The molecule has 0 radical (unpaired) electrons. The number of hydrogen-bond donors (Lipinski definition) is 1. The van der Waals surface area contributed by atoms with Crippen molar-refractivity contribution in [3.63, 3.8) is 0 Å². The number of nitrogens with zero attached hydrogens (tertiary/aromatic N) is 1. The highest BCUT2D eigenvalue weighted by atomic mass is 35.5. The molecule has 1 aromatic carbocycles. The Morgan fingerprint density at radius 1 is 1.17 bits per heavy atom. The smallest absolute Gasteiger partial charge is 0.138 e. The third-order valence-corrected chi connectivity index (χ3v) is 3.82. The van der Waals surface area contributed by atoms with Gasteiger partial charge < -0.3 is 4.98 Å². The fourth-order valence-electron chi connectivity index (χ4n) is 1.94. The predicted molar refractivity (Wildman–Crippen MR) is 76.3 cm³/mol. The van der Waals surface area contributed by atoms with Gasteiger partial charge in [-0.05, 0) is 30.2 Å². The second-order valence-corrected chi connectivity index (χ2v) is 4.97. The average molecular weight is 277 g/mol. The molecule has 1 N–H and O–H groups in total. The van der Waals surface area contributed by atoms with E-state index in [1.165, 1.54) is 0 Å². The molecular weight excluding hydrogens is 267 g/mol. The molecule has 2 aromatic heterocycles. The van der Waals surface area contributed by atoms with Gasteiger partial charge in [0.15, 0.2) is 0 Å². The van der Waals surface area contributed by atoms with E-state index in [1.54, 1.807) is 6.20 Å². The Balaban J connectivity index is 2.24. The quantitative estimate of drug-likeness (QED) is 0.677. The van der Waals surface area contributed by atoms with Crippen molar-refractivity contribution in [3.05, 3.63) is 52.3 Å². The van der Waals surface area contributed by atoms with E-state index in [-0.39, 0.29) is 0 Å². The second-order valence-electron chi connectivity index (χ2n) is 4.19. The number of aryl methyl sites for hydroxylation is 1. The number of nitrogens with one attached hydrogen (secondary N) is 1. The summed E-state index contributed by atoms with van der Waals surface area (Å²) in [5, 5.41) is 2.35. The highest BCUT2D eigenvalue weighted by molar-refractivity contribution is 6.38. The van der Waals surface area contributed by atoms with Gasteiger partial charge in [-0.2, -0.15) is 0 Å². The molecule has 0 bridgehead atoms. The lowest BCUT2D eigenvalue weighted by Gasteiger charge is -2.07. The Morgan fingerprint density at radius 3 is 2.78 bits per heavy atom. The Hall–Kier alpha value is -1.51. The molecule has 0 aliphatic heterocycles. The van der Waals surface area contributed by atoms with Crippen LogP contribution in [0.5, 0.6) is 0 Å². The van der Waals surface area contributed by atoms with Gasteiger partial charge in [0.25, 0.3) is 0 Å². The van der Waals surface area contributed by atoms with Crippen molar-refractivity contribution in [2.24, 2.45) is 0 Å². The predicted octanol–water partition coefficient (Wildman–Crippen LogP) is 4.85. The van der Waals surface area contributed by atoms with Crippen LogP contribution in [0.2, 0.25) is 10.0 Å². The Kier molecular flexibility index (Phi) is 2.77. The third kappa shape index (κ3) is 1.78. The Bertz CT molecular complexity index is 732. The van der Waals surface area contributed by atoms with Gasteiger partial charge in [0.2, 0.25) is 0 Å². The van der Waals surface area contributed by atoms with E-state index in [2.05, 4.69) is 9.97 Å². The van der Waals surface area contributed by atoms with E-state index < -0.39 is 0 Å². The maximum atomic E-state index is 6.41. The van der Waals surface area contributed by atoms with Crippen molar-refractivity contribution in [2.75, 3.05) is 0 Å². The normalized spacial score (nSPS) is 11.1. The van der Waals surface area contributed by atoms with E-state index >= 15 is 0 Å². The number of halogens is 2. The first kappa shape index (κ1) is 11.6. The molecule has 3 rings (SSSR count). The van der Waals surface area contributed by atoms with E-state index in [4.69, 9.17) is 23.2 Å². The number of benzene rings is 1. The van der Waals surface area contributed by atoms with Crippen LogP contribution in [0.25, 0.3) is 22.2 Å². The summed E-state index contributed by atoms with van der Waals surface area (Å²) >= 11 is 12.6. The molecule has 4 heteroatoms. The van der Waals surface area contributed by atoms with Gasteiger partial charge in [-0.25, -0.2) is 4.98 Å². The summed E-state index contributed by atoms with van der Waals surface area (Å²) in [4.78, 5) is 7.39. The number of aromatic nitrogens is 2. The van der Waals surface area contributed by atoms with Gasteiger partial charge in [0, 0.05) is 28.4 Å². The first-order chi connectivity index (χ1) is 8.66. The van der Waals surface area contributed by atoms with Gasteiger partial charge in [0.05, 0.1) is 5.02 Å². The summed E-state index contributed by atoms with van der Waals surface area (Å²) < 4.78 is 0. The third-order valence-electron chi connectivity index (χ3n) is 3.00. The summed E-state index contributed by atoms with van der Waals surface area (Å²) in [7, 11) is 0. The van der Waals surface area contributed by atoms with E-state index in [1.807, 2.05) is 37.4 Å². The van der Waals surface area contributed by atoms with Gasteiger partial charge in [0.1, 0.15) is 5.65 Å². The number of hydrogen-bond acceptors (Lipinski definition) is 1. The highest BCUT2D eigenvalue weighted by Gasteiger charge is 2.10. The molecule has 0 spiro atoms. The van der Waals surface area contributed by atoms with Crippen LogP contribution in [0.3, 0.4) is 0 Å². The minimum atomic E-state index is 0.696. The minimum Gasteiger partial charge on any atom is -0.346 e. The molecule has 0 atom stereocenters. The molecule has 0 fully saturated rings. The molecule has 18 heavy (non-hydrogen) atoms. The lowest BCUT2D eigenvalue weighted by Crippen LogP contribution is -1.85. The molecule has 0 saturated carbocycles. The van der Waals surface area contributed by atoms with Crippen molar-refractivity contribution >= 4 is 34.2 Å². The fourth-order valence-corrected chi connectivity index (χ4v) is 2.43. The number of aromatic amines is 1. The molecule has 0 aliphatic rings. The highest BCUT2D eigenvalue weighted by Crippen LogP contribution is 2.34. The Labute approximate surface area is 115 Å². The van der Waals surface area contributed by atoms with Crippen molar-refractivity contribution in [1.82, 2.24) is 9.97 Å². The maximum Gasteiger partial charge on any atom is 0.138 e. The topological polar surface area (TPSA) is 28.7 Å². The zero-order valence-corrected chi connectivity index (χ0v) is 11.2. The minimum absolute atomic E-state index is 0.696. The van der Waals surface area contributed by atoms with Crippen molar-refractivity contribution in [1.29, 1.82) is 0 Å². The molecule has 2 nitrogen and oxygen atoms in total. The first-order valence-electron chi connectivity index (χ1n) is 5.55. The van der Waals surface area contributed by atoms with Crippen molar-refractivity contribution in [2.45, 2.75) is 6.92 Å². The second kappa shape index (κ2) is 4.30. The molecule has 0 saturated heterocycles. The summed E-state index contributed by atoms with van der Waals surface area (Å²) in [5.41, 5.74) is 3.71. The fraction of sp³-hybridized carbons (Fsp3) is 0.0714. The molecule has 0 unspecified atom stereocenters. The van der Waals surface area contributed by atoms with E-state index in [0.717, 1.165) is 32.7 Å². The number of fused-ring (bicyclic) bond motifs is 1. The van der Waals surface area contributed by atoms with Crippen LogP contribution in [-0.4, -0.2) is 9.97 Å². The largest absolute Gasteiger partial charge is 0.346 e. The van der Waals surface area contributed by atoms with Crippen LogP contribution in [-0.2, 0) is 0 Å². The molecule has 90 valence electrons. The van der Waals surface area contributed by atoms with Crippen LogP contribution in [0.4, 0.5) is 0 Å². The first-order valence-corrected chi connectivity index (χ1v) is 6.30. The molecule has 0 amide bonds. The lowest BCUT2D eigenvalue weighted by molar-refractivity contribution is 1.32. The number of pyridine rings is 1. The summed E-state index contributed by atoms with van der Waals surface area (Å²) in [6.45, 7) is 1.97. The average Bonchev–Trinajstić information content (AvgIpc) is 2.83. The van der Waals surface area contributed by atoms with E-state index in [0.29, 0.717) is 5.02 Å². The SMILES string of the molecule is Cc1ccc(-c2cnc3[nH]ccc3c2Cl)cc1Cl. The van der Waals surface area contributed by atoms with Crippen LogP contribution in [0.1, 0.15) is 5.56 Å². The summed E-state index contributed by atoms with van der Waals surface area (Å²) in [6.07, 6.45) is 3.59. The number of rotatable bonds is 1. The maximum absolute atomic E-state index is 6.41. The van der Waals surface area contributed by atoms with Crippen molar-refractivity contribution < 1.29 is 0 Å². The molecule has 0 aliphatic carbocycles. The van der Waals surface area contributed by atoms with Gasteiger partial charge >= 0.3 is 0 Å². The van der Waals surface area contributed by atoms with Crippen LogP contribution in [0.15, 0.2) is 36.7 Å². The standard InChI is InChI=1S/C14H10Cl2N2/c1-8-2-3-9(6-12(8)15)11-7-18-14-10(13(11)16)4-5-17-14/h2-7H,1H3,(H,17,18). The lowest BCUT2D eigenvalue weighted by atomic mass is 10.1. The van der Waals surface area contributed by atoms with Gasteiger partial charge in [-0.15, -0.1) is 0 Å². The summed E-state index contributed by atoms with van der Waals surface area (Å²) in [6, 6.07) is 7.82. The van der Waals surface area contributed by atoms with Gasteiger partial charge in [-0.1, -0.05) is 35.3 Å². The molecule has 3 aromatic rings.